The molecule has 45 heavy (non-hydrogen) atoms. The molecular weight excluding hydrogens is 571 g/mol. The van der Waals surface area contributed by atoms with Gasteiger partial charge in [-0.3, -0.25) is 4.79 Å². The van der Waals surface area contributed by atoms with Crippen molar-refractivity contribution in [3.8, 4) is 0 Å². The normalized spacial score (nSPS) is 19.8. The lowest BCUT2D eigenvalue weighted by molar-refractivity contribution is -0.134. The topological polar surface area (TPSA) is 76.6 Å². The molecule has 1 amide bonds. The number of amides is 1. The molecule has 9 heteroatoms. The summed E-state index contributed by atoms with van der Waals surface area (Å²) >= 11 is 0. The van der Waals surface area contributed by atoms with Crippen LogP contribution in [0.15, 0.2) is 72.8 Å². The van der Waals surface area contributed by atoms with E-state index in [0.717, 1.165) is 49.5 Å². The van der Waals surface area contributed by atoms with Gasteiger partial charge in [-0.1, -0.05) is 30.3 Å². The summed E-state index contributed by atoms with van der Waals surface area (Å²) in [4.78, 5) is 35.5. The molecule has 3 aromatic rings. The predicted octanol–water partition coefficient (Wildman–Crippen LogP) is 5.19. The van der Waals surface area contributed by atoms with Crippen molar-refractivity contribution in [3.63, 3.8) is 0 Å². The summed E-state index contributed by atoms with van der Waals surface area (Å²) < 4.78 is 19.4. The molecule has 0 aliphatic carbocycles. The Morgan fingerprint density at radius 1 is 1.00 bits per heavy atom. The number of ether oxygens (including phenoxy) is 1. The van der Waals surface area contributed by atoms with E-state index >= 15 is 0 Å². The van der Waals surface area contributed by atoms with Gasteiger partial charge in [0.05, 0.1) is 12.2 Å². The van der Waals surface area contributed by atoms with Gasteiger partial charge >= 0.3 is 5.97 Å². The number of nitrogens with zero attached hydrogens (tertiary/aromatic N) is 4. The third-order valence-corrected chi connectivity index (χ3v) is 9.21. The van der Waals surface area contributed by atoms with Gasteiger partial charge in [-0.25, -0.2) is 9.18 Å². The summed E-state index contributed by atoms with van der Waals surface area (Å²) in [5.41, 5.74) is 3.11. The van der Waals surface area contributed by atoms with Crippen molar-refractivity contribution in [2.75, 3.05) is 42.6 Å². The number of carbonyl (C=O) groups is 2. The summed E-state index contributed by atoms with van der Waals surface area (Å²) in [6.07, 6.45) is 2.41. The van der Waals surface area contributed by atoms with E-state index < -0.39 is 23.3 Å². The van der Waals surface area contributed by atoms with Crippen LogP contribution in [0, 0.1) is 5.82 Å². The molecule has 0 radical (unpaired) electrons. The third kappa shape index (κ3) is 6.56. The Morgan fingerprint density at radius 3 is 2.47 bits per heavy atom. The Hall–Kier alpha value is -3.95. The maximum atomic E-state index is 14.3. The van der Waals surface area contributed by atoms with Crippen molar-refractivity contribution in [3.05, 3.63) is 95.3 Å². The second kappa shape index (κ2) is 12.4. The van der Waals surface area contributed by atoms with Gasteiger partial charge in [-0.2, -0.15) is 0 Å². The van der Waals surface area contributed by atoms with Gasteiger partial charge in [-0.15, -0.1) is 0 Å². The summed E-state index contributed by atoms with van der Waals surface area (Å²) in [7, 11) is 0. The predicted molar refractivity (Wildman–Crippen MR) is 172 cm³/mol. The largest absolute Gasteiger partial charge is 0.456 e. The van der Waals surface area contributed by atoms with Crippen LogP contribution in [0.5, 0.6) is 0 Å². The first-order valence-electron chi connectivity index (χ1n) is 15.9. The molecule has 0 aromatic heterocycles. The number of rotatable bonds is 8. The number of aliphatic hydroxyl groups excluding tert-OH is 1. The number of aliphatic hydroxyl groups is 1. The second-order valence-corrected chi connectivity index (χ2v) is 13.5. The van der Waals surface area contributed by atoms with E-state index in [1.807, 2.05) is 49.9 Å². The Bertz CT molecular complexity index is 1530. The average Bonchev–Trinajstić information content (AvgIpc) is 3.46. The molecule has 3 aromatic carbocycles. The van der Waals surface area contributed by atoms with Crippen LogP contribution >= 0.6 is 0 Å². The molecule has 3 aliphatic rings. The number of carbonyl (C=O) groups excluding carboxylic acids is 2. The van der Waals surface area contributed by atoms with E-state index in [1.165, 1.54) is 17.7 Å². The molecule has 6 rings (SSSR count). The molecule has 1 spiro atoms. The second-order valence-electron chi connectivity index (χ2n) is 13.5. The lowest BCUT2D eigenvalue weighted by Crippen LogP contribution is -2.56. The summed E-state index contributed by atoms with van der Waals surface area (Å²) in [5.74, 6) is -0.641. The van der Waals surface area contributed by atoms with Gasteiger partial charge in [-0.05, 0) is 100 Å². The minimum atomic E-state index is -0.721. The van der Waals surface area contributed by atoms with Gasteiger partial charge in [0.15, 0.2) is 0 Å². The Labute approximate surface area is 265 Å². The van der Waals surface area contributed by atoms with Gasteiger partial charge in [0, 0.05) is 44.0 Å². The van der Waals surface area contributed by atoms with E-state index in [4.69, 9.17) is 4.74 Å². The van der Waals surface area contributed by atoms with E-state index in [9.17, 15) is 19.1 Å². The number of hydrogen-bond acceptors (Lipinski definition) is 7. The average molecular weight is 615 g/mol. The van der Waals surface area contributed by atoms with Crippen LogP contribution in [-0.2, 0) is 22.5 Å². The smallest absolute Gasteiger partial charge is 0.338 e. The SMILES string of the molecule is CC(C)(C)OC(=O)c1cccc(CN2CN(c3ccc(F)cc3)C3(CCN(CCCN4c5ccccc5CC4O)CC3)C2=O)c1. The highest BCUT2D eigenvalue weighted by molar-refractivity contribution is 5.94. The molecule has 8 nitrogen and oxygen atoms in total. The molecule has 1 atom stereocenters. The van der Waals surface area contributed by atoms with Gasteiger partial charge in [0.25, 0.3) is 0 Å². The first kappa shape index (κ1) is 31.0. The van der Waals surface area contributed by atoms with Crippen LogP contribution in [0.3, 0.4) is 0 Å². The zero-order valence-electron chi connectivity index (χ0n) is 26.4. The number of anilines is 2. The summed E-state index contributed by atoms with van der Waals surface area (Å²) in [5, 5.41) is 10.6. The fourth-order valence-corrected chi connectivity index (χ4v) is 7.00. The van der Waals surface area contributed by atoms with Crippen LogP contribution in [0.4, 0.5) is 15.8 Å². The van der Waals surface area contributed by atoms with E-state index in [1.54, 1.807) is 24.3 Å². The highest BCUT2D eigenvalue weighted by Gasteiger charge is 2.53. The van der Waals surface area contributed by atoms with Crippen LogP contribution in [0.2, 0.25) is 0 Å². The molecular formula is C36H43FN4O4. The number of para-hydroxylation sites is 1. The molecule has 0 bridgehead atoms. The maximum absolute atomic E-state index is 14.3. The Balaban J connectivity index is 1.13. The molecule has 3 heterocycles. The minimum Gasteiger partial charge on any atom is -0.456 e. The van der Waals surface area contributed by atoms with Crippen molar-refractivity contribution in [2.45, 2.75) is 70.4 Å². The number of halogens is 1. The lowest BCUT2D eigenvalue weighted by Gasteiger charge is -2.43. The quantitative estimate of drug-likeness (QED) is 0.350. The summed E-state index contributed by atoms with van der Waals surface area (Å²) in [6.45, 7) is 9.45. The lowest BCUT2D eigenvalue weighted by atomic mass is 9.85. The third-order valence-electron chi connectivity index (χ3n) is 9.21. The van der Waals surface area contributed by atoms with Crippen LogP contribution < -0.4 is 9.80 Å². The maximum Gasteiger partial charge on any atom is 0.338 e. The van der Waals surface area contributed by atoms with Crippen LogP contribution in [0.1, 0.15) is 61.5 Å². The standard InChI is InChI=1S/C36H43FN4O4/c1-35(2,3)45-33(43)28-10-6-8-26(22-28)24-39-25-41(30-14-12-29(37)13-15-30)36(34(39)44)16-20-38(21-17-36)18-7-19-40-31-11-5-4-9-27(31)23-32(40)42/h4-6,8-15,22,32,42H,7,16-21,23-25H2,1-3H3. The zero-order chi connectivity index (χ0) is 31.8. The van der Waals surface area contributed by atoms with Crippen molar-refractivity contribution in [2.24, 2.45) is 0 Å². The molecule has 3 aliphatic heterocycles. The molecule has 2 saturated heterocycles. The fraction of sp³-hybridized carbons (Fsp3) is 0.444. The molecule has 1 unspecified atom stereocenters. The Morgan fingerprint density at radius 2 is 1.73 bits per heavy atom. The fourth-order valence-electron chi connectivity index (χ4n) is 7.00. The van der Waals surface area contributed by atoms with Crippen molar-refractivity contribution >= 4 is 23.3 Å². The van der Waals surface area contributed by atoms with Crippen LogP contribution in [0.25, 0.3) is 0 Å². The van der Waals surface area contributed by atoms with E-state index in [-0.39, 0.29) is 11.7 Å². The van der Waals surface area contributed by atoms with Gasteiger partial charge < -0.3 is 29.4 Å². The highest BCUT2D eigenvalue weighted by atomic mass is 19.1. The zero-order valence-corrected chi connectivity index (χ0v) is 26.4. The monoisotopic (exact) mass is 614 g/mol. The minimum absolute atomic E-state index is 0.0611. The first-order chi connectivity index (χ1) is 21.5. The summed E-state index contributed by atoms with van der Waals surface area (Å²) in [6, 6.07) is 21.8. The van der Waals surface area contributed by atoms with Crippen molar-refractivity contribution < 1.29 is 23.8 Å². The van der Waals surface area contributed by atoms with E-state index in [0.29, 0.717) is 38.0 Å². The van der Waals surface area contributed by atoms with E-state index in [2.05, 4.69) is 26.8 Å². The van der Waals surface area contributed by atoms with Gasteiger partial charge in [0.1, 0.15) is 23.2 Å². The van der Waals surface area contributed by atoms with Crippen molar-refractivity contribution in [1.82, 2.24) is 9.80 Å². The van der Waals surface area contributed by atoms with Crippen molar-refractivity contribution in [1.29, 1.82) is 0 Å². The van der Waals surface area contributed by atoms with Gasteiger partial charge in [0.2, 0.25) is 5.91 Å². The van der Waals surface area contributed by atoms with Crippen LogP contribution in [-0.4, -0.2) is 77.0 Å². The molecule has 238 valence electrons. The number of benzene rings is 3. The number of hydrogen-bond donors (Lipinski definition) is 1. The first-order valence-corrected chi connectivity index (χ1v) is 15.9. The number of likely N-dealkylation sites (tertiary alicyclic amines) is 1. The highest BCUT2D eigenvalue weighted by Crippen LogP contribution is 2.40. The molecule has 2 fully saturated rings. The molecule has 0 saturated carbocycles. The Kier molecular flexibility index (Phi) is 8.59. The molecule has 1 N–H and O–H groups in total. The number of fused-ring (bicyclic) bond motifs is 1. The number of piperidine rings is 1. The number of esters is 1.